The summed E-state index contributed by atoms with van der Waals surface area (Å²) in [6.07, 6.45) is 3.08. The number of benzene rings is 1. The molecule has 19 heavy (non-hydrogen) atoms. The van der Waals surface area contributed by atoms with E-state index in [9.17, 15) is 9.90 Å². The molecule has 0 saturated heterocycles. The van der Waals surface area contributed by atoms with Crippen LogP contribution in [0.5, 0.6) is 0 Å². The summed E-state index contributed by atoms with van der Waals surface area (Å²) in [6.45, 7) is 0. The smallest absolute Gasteiger partial charge is 0.323 e. The van der Waals surface area contributed by atoms with E-state index in [0.29, 0.717) is 18.1 Å². The molecule has 0 aromatic heterocycles. The van der Waals surface area contributed by atoms with Crippen LogP contribution in [0.2, 0.25) is 5.02 Å². The highest BCUT2D eigenvalue weighted by atomic mass is 35.5. The average molecular weight is 300 g/mol. The Hall–Kier alpha value is -0.710. The maximum absolute atomic E-state index is 11.2. The maximum Gasteiger partial charge on any atom is 0.323 e. The molecule has 1 aromatic rings. The van der Waals surface area contributed by atoms with Crippen LogP contribution in [0.1, 0.15) is 31.2 Å². The molecule has 2 unspecified atom stereocenters. The number of carbonyl (C=O) groups is 1. The Labute approximate surface area is 122 Å². The lowest BCUT2D eigenvalue weighted by Crippen LogP contribution is -2.51. The van der Waals surface area contributed by atoms with Gasteiger partial charge < -0.3 is 10.8 Å². The Kier molecular flexibility index (Phi) is 4.76. The van der Waals surface area contributed by atoms with Crippen LogP contribution in [0.3, 0.4) is 0 Å². The summed E-state index contributed by atoms with van der Waals surface area (Å²) in [5.41, 5.74) is 6.13. The van der Waals surface area contributed by atoms with Gasteiger partial charge in [0.1, 0.15) is 5.54 Å². The third-order valence-corrected chi connectivity index (χ3v) is 5.19. The second kappa shape index (κ2) is 6.16. The zero-order chi connectivity index (χ0) is 13.9. The van der Waals surface area contributed by atoms with Gasteiger partial charge in [0.05, 0.1) is 0 Å². The summed E-state index contributed by atoms with van der Waals surface area (Å²) >= 11 is 7.63. The van der Waals surface area contributed by atoms with Crippen molar-refractivity contribution in [2.45, 2.75) is 42.2 Å². The summed E-state index contributed by atoms with van der Waals surface area (Å²) in [7, 11) is 0. The molecule has 2 atom stereocenters. The minimum absolute atomic E-state index is 0.325. The molecule has 0 spiro atoms. The van der Waals surface area contributed by atoms with Crippen LogP contribution < -0.4 is 5.73 Å². The van der Waals surface area contributed by atoms with Gasteiger partial charge in [0.2, 0.25) is 0 Å². The second-order valence-electron chi connectivity index (χ2n) is 5.12. The summed E-state index contributed by atoms with van der Waals surface area (Å²) in [5.74, 6) is 0.00153. The van der Waals surface area contributed by atoms with Gasteiger partial charge in [0.25, 0.3) is 0 Å². The number of carboxylic acids is 1. The van der Waals surface area contributed by atoms with Gasteiger partial charge in [-0.2, -0.15) is 11.8 Å². The number of rotatable bonds is 4. The largest absolute Gasteiger partial charge is 0.480 e. The maximum atomic E-state index is 11.2. The first-order chi connectivity index (χ1) is 8.99. The van der Waals surface area contributed by atoms with Crippen LogP contribution in [0.25, 0.3) is 0 Å². The lowest BCUT2D eigenvalue weighted by atomic mass is 9.82. The van der Waals surface area contributed by atoms with E-state index in [1.54, 1.807) is 11.8 Å². The number of carboxylic acid groups (broad SMARTS) is 1. The third-order valence-electron chi connectivity index (χ3n) is 3.57. The normalized spacial score (nSPS) is 27.2. The van der Waals surface area contributed by atoms with Crippen molar-refractivity contribution >= 4 is 29.3 Å². The molecule has 104 valence electrons. The molecule has 0 amide bonds. The predicted molar refractivity (Wildman–Crippen MR) is 79.6 cm³/mol. The van der Waals surface area contributed by atoms with E-state index in [0.717, 1.165) is 23.6 Å². The fourth-order valence-corrected chi connectivity index (χ4v) is 3.88. The molecule has 1 aromatic carbocycles. The molecule has 1 saturated carbocycles. The van der Waals surface area contributed by atoms with Gasteiger partial charge in [-0.1, -0.05) is 23.7 Å². The summed E-state index contributed by atoms with van der Waals surface area (Å²) in [5, 5.41) is 10.2. The number of nitrogens with two attached hydrogens (primary N) is 1. The zero-order valence-electron chi connectivity index (χ0n) is 10.6. The van der Waals surface area contributed by atoms with Gasteiger partial charge in [-0.15, -0.1) is 0 Å². The van der Waals surface area contributed by atoms with Crippen molar-refractivity contribution in [3.05, 3.63) is 34.9 Å². The fourth-order valence-electron chi connectivity index (χ4n) is 2.39. The predicted octanol–water partition coefficient (Wildman–Crippen LogP) is 3.30. The highest BCUT2D eigenvalue weighted by molar-refractivity contribution is 7.99. The van der Waals surface area contributed by atoms with E-state index in [1.165, 1.54) is 5.56 Å². The first kappa shape index (κ1) is 14.7. The summed E-state index contributed by atoms with van der Waals surface area (Å²) in [4.78, 5) is 11.2. The average Bonchev–Trinajstić information content (AvgIpc) is 2.38. The molecule has 5 heteroatoms. The van der Waals surface area contributed by atoms with Crippen molar-refractivity contribution < 1.29 is 9.90 Å². The summed E-state index contributed by atoms with van der Waals surface area (Å²) < 4.78 is 0. The molecule has 0 bridgehead atoms. The monoisotopic (exact) mass is 299 g/mol. The van der Waals surface area contributed by atoms with Crippen LogP contribution in [-0.2, 0) is 10.5 Å². The van der Waals surface area contributed by atoms with Gasteiger partial charge in [0.15, 0.2) is 0 Å². The first-order valence-corrected chi connectivity index (χ1v) is 7.81. The molecular weight excluding hydrogens is 282 g/mol. The van der Waals surface area contributed by atoms with E-state index < -0.39 is 11.5 Å². The SMILES string of the molecule is NC1(C(=O)O)CCCC(SCc2ccc(Cl)cc2)C1. The van der Waals surface area contributed by atoms with Crippen LogP contribution >= 0.6 is 23.4 Å². The molecule has 2 rings (SSSR count). The molecule has 3 nitrogen and oxygen atoms in total. The van der Waals surface area contributed by atoms with E-state index in [1.807, 2.05) is 24.3 Å². The molecule has 0 aliphatic heterocycles. The highest BCUT2D eigenvalue weighted by Gasteiger charge is 2.39. The zero-order valence-corrected chi connectivity index (χ0v) is 12.2. The molecule has 1 fully saturated rings. The second-order valence-corrected chi connectivity index (χ2v) is 6.84. The Morgan fingerprint density at radius 2 is 2.16 bits per heavy atom. The van der Waals surface area contributed by atoms with Crippen molar-refractivity contribution in [1.29, 1.82) is 0 Å². The van der Waals surface area contributed by atoms with Crippen molar-refractivity contribution in [3.8, 4) is 0 Å². The van der Waals surface area contributed by atoms with E-state index >= 15 is 0 Å². The summed E-state index contributed by atoms with van der Waals surface area (Å²) in [6, 6.07) is 7.77. The Morgan fingerprint density at radius 3 is 2.79 bits per heavy atom. The third kappa shape index (κ3) is 3.88. The van der Waals surface area contributed by atoms with Crippen LogP contribution in [0.15, 0.2) is 24.3 Å². The minimum atomic E-state index is -1.03. The Morgan fingerprint density at radius 1 is 1.47 bits per heavy atom. The lowest BCUT2D eigenvalue weighted by molar-refractivity contribution is -0.144. The van der Waals surface area contributed by atoms with E-state index in [4.69, 9.17) is 17.3 Å². The molecule has 3 N–H and O–H groups in total. The standard InChI is InChI=1S/C14H18ClNO2S/c15-11-5-3-10(4-6-11)9-19-12-2-1-7-14(16,8-12)13(17)18/h3-6,12H,1-2,7-9,16H2,(H,17,18). The number of hydrogen-bond donors (Lipinski definition) is 2. The minimum Gasteiger partial charge on any atom is -0.480 e. The highest BCUT2D eigenvalue weighted by Crippen LogP contribution is 2.35. The van der Waals surface area contributed by atoms with Gasteiger partial charge in [0, 0.05) is 16.0 Å². The molecule has 1 aliphatic rings. The van der Waals surface area contributed by atoms with Crippen molar-refractivity contribution in [1.82, 2.24) is 0 Å². The van der Waals surface area contributed by atoms with Crippen LogP contribution in [-0.4, -0.2) is 21.9 Å². The molecule has 1 aliphatic carbocycles. The van der Waals surface area contributed by atoms with Gasteiger partial charge in [-0.05, 0) is 43.4 Å². The molecular formula is C14H18ClNO2S. The van der Waals surface area contributed by atoms with E-state index in [-0.39, 0.29) is 0 Å². The van der Waals surface area contributed by atoms with Crippen LogP contribution in [0, 0.1) is 0 Å². The number of aliphatic carboxylic acids is 1. The van der Waals surface area contributed by atoms with Gasteiger partial charge in [-0.3, -0.25) is 4.79 Å². The number of halogens is 1. The fraction of sp³-hybridized carbons (Fsp3) is 0.500. The van der Waals surface area contributed by atoms with Crippen LogP contribution in [0.4, 0.5) is 0 Å². The Bertz CT molecular complexity index is 451. The topological polar surface area (TPSA) is 63.3 Å². The van der Waals surface area contributed by atoms with E-state index in [2.05, 4.69) is 0 Å². The molecule has 0 heterocycles. The number of thioether (sulfide) groups is 1. The first-order valence-electron chi connectivity index (χ1n) is 6.38. The molecule has 0 radical (unpaired) electrons. The number of hydrogen-bond acceptors (Lipinski definition) is 3. The Balaban J connectivity index is 1.89. The van der Waals surface area contributed by atoms with Crippen molar-refractivity contribution in [2.75, 3.05) is 0 Å². The lowest BCUT2D eigenvalue weighted by Gasteiger charge is -2.34. The van der Waals surface area contributed by atoms with Gasteiger partial charge in [-0.25, -0.2) is 0 Å². The van der Waals surface area contributed by atoms with Crippen molar-refractivity contribution in [3.63, 3.8) is 0 Å². The van der Waals surface area contributed by atoms with Gasteiger partial charge >= 0.3 is 5.97 Å². The van der Waals surface area contributed by atoms with Crippen molar-refractivity contribution in [2.24, 2.45) is 5.73 Å². The quantitative estimate of drug-likeness (QED) is 0.895.